The Hall–Kier alpha value is -2.21. The number of ether oxygens (including phenoxy) is 1. The highest BCUT2D eigenvalue weighted by Crippen LogP contribution is 2.26. The highest BCUT2D eigenvalue weighted by Gasteiger charge is 2.34. The van der Waals surface area contributed by atoms with Crippen LogP contribution in [0, 0.1) is 12.7 Å². The molecule has 5 nitrogen and oxygen atoms in total. The van der Waals surface area contributed by atoms with Gasteiger partial charge in [0.25, 0.3) is 0 Å². The van der Waals surface area contributed by atoms with Crippen molar-refractivity contribution < 1.29 is 18.3 Å². The van der Waals surface area contributed by atoms with Gasteiger partial charge in [-0.2, -0.15) is 0 Å². The number of morpholine rings is 1. The molecule has 6 heteroatoms. The van der Waals surface area contributed by atoms with E-state index in [1.165, 1.54) is 6.07 Å². The number of carbonyl (C=O) groups is 1. The van der Waals surface area contributed by atoms with Gasteiger partial charge in [-0.05, 0) is 32.9 Å². The summed E-state index contributed by atoms with van der Waals surface area (Å²) in [5.41, 5.74) is 0.494. The quantitative estimate of drug-likeness (QED) is 0.867. The van der Waals surface area contributed by atoms with Crippen LogP contribution in [0.5, 0.6) is 0 Å². The maximum Gasteiger partial charge on any atom is 0.229 e. The molecular weight excluding hydrogens is 311 g/mol. The third-order valence-electron chi connectivity index (χ3n) is 4.26. The summed E-state index contributed by atoms with van der Waals surface area (Å²) in [6, 6.07) is 6.30. The van der Waals surface area contributed by atoms with Crippen molar-refractivity contribution in [3.05, 3.63) is 41.5 Å². The van der Waals surface area contributed by atoms with Crippen LogP contribution >= 0.6 is 0 Å². The fourth-order valence-electron chi connectivity index (χ4n) is 2.90. The molecule has 1 fully saturated rings. The largest absolute Gasteiger partial charge is 0.441 e. The molecule has 1 saturated heterocycles. The number of carbonyl (C=O) groups excluding carboxylic acids is 1. The second kappa shape index (κ2) is 6.36. The summed E-state index contributed by atoms with van der Waals surface area (Å²) in [6.07, 6.45) is 0.132. The van der Waals surface area contributed by atoms with Crippen LogP contribution in [0.25, 0.3) is 11.5 Å². The summed E-state index contributed by atoms with van der Waals surface area (Å²) < 4.78 is 24.9. The molecule has 1 aliphatic heterocycles. The van der Waals surface area contributed by atoms with Crippen molar-refractivity contribution >= 4 is 5.91 Å². The predicted molar refractivity (Wildman–Crippen MR) is 86.9 cm³/mol. The zero-order valence-electron chi connectivity index (χ0n) is 14.1. The number of oxazole rings is 1. The van der Waals surface area contributed by atoms with Crippen molar-refractivity contribution in [2.45, 2.75) is 32.7 Å². The zero-order valence-corrected chi connectivity index (χ0v) is 14.1. The van der Waals surface area contributed by atoms with Crippen molar-refractivity contribution in [2.24, 2.45) is 0 Å². The van der Waals surface area contributed by atoms with Crippen LogP contribution < -0.4 is 0 Å². The molecule has 1 aromatic carbocycles. The molecule has 0 saturated carbocycles. The van der Waals surface area contributed by atoms with Gasteiger partial charge in [-0.15, -0.1) is 0 Å². The first-order valence-corrected chi connectivity index (χ1v) is 7.98. The Balaban J connectivity index is 1.81. The number of aromatic nitrogens is 1. The fourth-order valence-corrected chi connectivity index (χ4v) is 2.90. The SMILES string of the molecule is Cc1oc(-c2ccccc2F)nc1CC(=O)N1CCOCC1(C)C. The number of aryl methyl sites for hydroxylation is 1. The van der Waals surface area contributed by atoms with Crippen molar-refractivity contribution in [3.63, 3.8) is 0 Å². The van der Waals surface area contributed by atoms with Crippen molar-refractivity contribution in [2.75, 3.05) is 19.8 Å². The first-order chi connectivity index (χ1) is 11.4. The summed E-state index contributed by atoms with van der Waals surface area (Å²) in [4.78, 5) is 18.8. The highest BCUT2D eigenvalue weighted by molar-refractivity contribution is 5.79. The number of hydrogen-bond acceptors (Lipinski definition) is 4. The Kier molecular flexibility index (Phi) is 4.41. The van der Waals surface area contributed by atoms with E-state index in [9.17, 15) is 9.18 Å². The van der Waals surface area contributed by atoms with Crippen LogP contribution in [0.1, 0.15) is 25.3 Å². The molecule has 0 spiro atoms. The molecular formula is C18H21FN2O3. The minimum atomic E-state index is -0.397. The molecule has 0 radical (unpaired) electrons. The minimum absolute atomic E-state index is 0.0280. The molecule has 0 atom stereocenters. The van der Waals surface area contributed by atoms with Gasteiger partial charge < -0.3 is 14.1 Å². The van der Waals surface area contributed by atoms with Crippen molar-refractivity contribution in [3.8, 4) is 11.5 Å². The minimum Gasteiger partial charge on any atom is -0.441 e. The second-order valence-corrected chi connectivity index (χ2v) is 6.59. The van der Waals surface area contributed by atoms with E-state index in [0.717, 1.165) is 0 Å². The van der Waals surface area contributed by atoms with Gasteiger partial charge in [0.15, 0.2) is 0 Å². The summed E-state index contributed by atoms with van der Waals surface area (Å²) in [7, 11) is 0. The fraction of sp³-hybridized carbons (Fsp3) is 0.444. The van der Waals surface area contributed by atoms with E-state index < -0.39 is 5.82 Å². The second-order valence-electron chi connectivity index (χ2n) is 6.59. The monoisotopic (exact) mass is 332 g/mol. The molecule has 0 unspecified atom stereocenters. The zero-order chi connectivity index (χ0) is 17.3. The van der Waals surface area contributed by atoms with Crippen molar-refractivity contribution in [1.82, 2.24) is 9.88 Å². The molecule has 0 bridgehead atoms. The summed E-state index contributed by atoms with van der Waals surface area (Å²) in [5.74, 6) is 0.313. The standard InChI is InChI=1S/C18H21FN2O3/c1-12-15(10-16(22)21-8-9-23-11-18(21,2)3)20-17(24-12)13-6-4-5-7-14(13)19/h4-7H,8-11H2,1-3H3. The van der Waals surface area contributed by atoms with E-state index in [1.807, 2.05) is 18.7 Å². The van der Waals surface area contributed by atoms with Gasteiger partial charge in [-0.3, -0.25) is 4.79 Å². The third kappa shape index (κ3) is 3.19. The van der Waals surface area contributed by atoms with Gasteiger partial charge in [0.2, 0.25) is 11.8 Å². The molecule has 1 aliphatic rings. The average molecular weight is 332 g/mol. The van der Waals surface area contributed by atoms with E-state index in [0.29, 0.717) is 36.8 Å². The third-order valence-corrected chi connectivity index (χ3v) is 4.26. The smallest absolute Gasteiger partial charge is 0.229 e. The lowest BCUT2D eigenvalue weighted by molar-refractivity contribution is -0.145. The molecule has 1 aromatic heterocycles. The van der Waals surface area contributed by atoms with Gasteiger partial charge in [0.1, 0.15) is 11.6 Å². The molecule has 128 valence electrons. The first-order valence-electron chi connectivity index (χ1n) is 7.98. The first kappa shape index (κ1) is 16.6. The maximum atomic E-state index is 13.9. The number of hydrogen-bond donors (Lipinski definition) is 0. The van der Waals surface area contributed by atoms with Gasteiger partial charge in [0.05, 0.1) is 36.4 Å². The summed E-state index contributed by atoms with van der Waals surface area (Å²) in [5, 5.41) is 0. The van der Waals surface area contributed by atoms with E-state index in [-0.39, 0.29) is 23.8 Å². The molecule has 2 heterocycles. The molecule has 24 heavy (non-hydrogen) atoms. The number of halogens is 1. The Morgan fingerprint density at radius 1 is 1.38 bits per heavy atom. The van der Waals surface area contributed by atoms with Gasteiger partial charge in [-0.25, -0.2) is 9.37 Å². The molecule has 1 amide bonds. The Bertz CT molecular complexity index is 754. The van der Waals surface area contributed by atoms with Gasteiger partial charge in [-0.1, -0.05) is 12.1 Å². The van der Waals surface area contributed by atoms with Crippen LogP contribution in [0.3, 0.4) is 0 Å². The van der Waals surface area contributed by atoms with Crippen molar-refractivity contribution in [1.29, 1.82) is 0 Å². The lowest BCUT2D eigenvalue weighted by Crippen LogP contribution is -2.56. The summed E-state index contributed by atoms with van der Waals surface area (Å²) >= 11 is 0. The molecule has 3 rings (SSSR count). The number of rotatable bonds is 3. The van der Waals surface area contributed by atoms with E-state index >= 15 is 0 Å². The van der Waals surface area contributed by atoms with Crippen LogP contribution in [-0.2, 0) is 16.0 Å². The Labute approximate surface area is 140 Å². The van der Waals surface area contributed by atoms with E-state index in [2.05, 4.69) is 4.98 Å². The summed E-state index contributed by atoms with van der Waals surface area (Å²) in [6.45, 7) is 7.30. The Morgan fingerprint density at radius 3 is 2.83 bits per heavy atom. The number of nitrogens with zero attached hydrogens (tertiary/aromatic N) is 2. The molecule has 0 N–H and O–H groups in total. The van der Waals surface area contributed by atoms with Gasteiger partial charge in [0, 0.05) is 6.54 Å². The molecule has 0 aliphatic carbocycles. The normalized spacial score (nSPS) is 17.1. The van der Waals surface area contributed by atoms with Crippen LogP contribution in [0.15, 0.2) is 28.7 Å². The Morgan fingerprint density at radius 2 is 2.12 bits per heavy atom. The lowest BCUT2D eigenvalue weighted by atomic mass is 10.0. The lowest BCUT2D eigenvalue weighted by Gasteiger charge is -2.42. The maximum absolute atomic E-state index is 13.9. The predicted octanol–water partition coefficient (Wildman–Crippen LogP) is 2.97. The highest BCUT2D eigenvalue weighted by atomic mass is 19.1. The average Bonchev–Trinajstić information content (AvgIpc) is 2.88. The number of amides is 1. The van der Waals surface area contributed by atoms with Crippen LogP contribution in [0.4, 0.5) is 4.39 Å². The van der Waals surface area contributed by atoms with E-state index in [1.54, 1.807) is 25.1 Å². The topological polar surface area (TPSA) is 55.6 Å². The van der Waals surface area contributed by atoms with E-state index in [4.69, 9.17) is 9.15 Å². The van der Waals surface area contributed by atoms with Crippen LogP contribution in [-0.4, -0.2) is 41.1 Å². The van der Waals surface area contributed by atoms with Gasteiger partial charge >= 0.3 is 0 Å². The van der Waals surface area contributed by atoms with Crippen LogP contribution in [0.2, 0.25) is 0 Å². The molecule has 2 aromatic rings. The number of benzene rings is 1.